The summed E-state index contributed by atoms with van der Waals surface area (Å²) in [6, 6.07) is 11.4. The Kier molecular flexibility index (Phi) is 9.13. The van der Waals surface area contributed by atoms with Crippen molar-refractivity contribution in [3.63, 3.8) is 0 Å². The fourth-order valence-corrected chi connectivity index (χ4v) is 5.63. The third-order valence-corrected chi connectivity index (χ3v) is 8.00. The Hall–Kier alpha value is -4.29. The molecule has 0 bridgehead atoms. The number of amides is 3. The first-order valence-electron chi connectivity index (χ1n) is 13.9. The lowest BCUT2D eigenvalue weighted by atomic mass is 10.0. The number of aromatic nitrogens is 2. The van der Waals surface area contributed by atoms with Crippen molar-refractivity contribution in [3.05, 3.63) is 72.1 Å². The summed E-state index contributed by atoms with van der Waals surface area (Å²) in [5.41, 5.74) is 3.34. The molecule has 2 aromatic heterocycles. The van der Waals surface area contributed by atoms with Crippen LogP contribution in [0.1, 0.15) is 24.0 Å². The summed E-state index contributed by atoms with van der Waals surface area (Å²) >= 11 is 4.26. The average Bonchev–Trinajstić information content (AvgIpc) is 3.76. The molecule has 0 aliphatic carbocycles. The zero-order chi connectivity index (χ0) is 29.6. The molecule has 0 saturated carbocycles. The number of aromatic amines is 2. The smallest absolute Gasteiger partial charge is 0.326 e. The number of carboxylic acid groups (broad SMARTS) is 1. The van der Waals surface area contributed by atoms with E-state index in [0.29, 0.717) is 6.42 Å². The molecule has 1 aliphatic heterocycles. The summed E-state index contributed by atoms with van der Waals surface area (Å²) in [6.45, 7) is 0.725. The van der Waals surface area contributed by atoms with Crippen molar-refractivity contribution in [1.82, 2.24) is 31.2 Å². The van der Waals surface area contributed by atoms with Gasteiger partial charge in [-0.1, -0.05) is 36.4 Å². The molecule has 4 atom stereocenters. The van der Waals surface area contributed by atoms with E-state index in [0.717, 1.165) is 45.9 Å². The molecule has 1 fully saturated rings. The number of hydrogen-bond donors (Lipinski definition) is 8. The Labute approximate surface area is 247 Å². The number of rotatable bonds is 12. The molecule has 11 nitrogen and oxygen atoms in total. The lowest BCUT2D eigenvalue weighted by Crippen LogP contribution is -2.58. The number of aliphatic carboxylic acids is 1. The SMILES string of the molecule is O=C(O)C(Cc1c[nH]c2ccccc12)NC(=O)C(CS)NC(=O)C(Cc1c[nH]c2ccccc12)NC(=O)C1CCCN1. The number of H-pyrrole nitrogens is 2. The van der Waals surface area contributed by atoms with Crippen LogP contribution in [0.15, 0.2) is 60.9 Å². The third kappa shape index (κ3) is 6.60. The second kappa shape index (κ2) is 13.1. The van der Waals surface area contributed by atoms with E-state index in [1.165, 1.54) is 0 Å². The monoisotopic (exact) mass is 590 g/mol. The summed E-state index contributed by atoms with van der Waals surface area (Å²) in [5.74, 6) is -2.81. The van der Waals surface area contributed by atoms with Crippen molar-refractivity contribution in [2.45, 2.75) is 49.9 Å². The number of hydrogen-bond acceptors (Lipinski definition) is 6. The Morgan fingerprint density at radius 2 is 1.36 bits per heavy atom. The predicted molar refractivity (Wildman–Crippen MR) is 162 cm³/mol. The molecule has 4 aromatic rings. The maximum atomic E-state index is 13.6. The zero-order valence-corrected chi connectivity index (χ0v) is 23.7. The van der Waals surface area contributed by atoms with Gasteiger partial charge in [0.25, 0.3) is 0 Å². The van der Waals surface area contributed by atoms with E-state index >= 15 is 0 Å². The first-order valence-corrected chi connectivity index (χ1v) is 14.6. The number of nitrogens with one attached hydrogen (secondary N) is 6. The minimum absolute atomic E-state index is 0.0476. The van der Waals surface area contributed by atoms with Crippen LogP contribution >= 0.6 is 12.6 Å². The van der Waals surface area contributed by atoms with Gasteiger partial charge < -0.3 is 36.3 Å². The van der Waals surface area contributed by atoms with Gasteiger partial charge in [0.2, 0.25) is 17.7 Å². The third-order valence-electron chi connectivity index (χ3n) is 7.64. The Morgan fingerprint density at radius 1 is 0.810 bits per heavy atom. The van der Waals surface area contributed by atoms with Crippen molar-refractivity contribution < 1.29 is 24.3 Å². The second-order valence-electron chi connectivity index (χ2n) is 10.5. The fraction of sp³-hybridized carbons (Fsp3) is 0.333. The second-order valence-corrected chi connectivity index (χ2v) is 10.8. The van der Waals surface area contributed by atoms with Gasteiger partial charge in [0, 0.05) is 52.8 Å². The maximum Gasteiger partial charge on any atom is 0.326 e. The van der Waals surface area contributed by atoms with Crippen LogP contribution in [0.3, 0.4) is 0 Å². The molecular formula is C30H34N6O5S. The van der Waals surface area contributed by atoms with Gasteiger partial charge >= 0.3 is 5.97 Å². The van der Waals surface area contributed by atoms with Crippen LogP contribution in [0.25, 0.3) is 21.8 Å². The van der Waals surface area contributed by atoms with Gasteiger partial charge in [-0.15, -0.1) is 0 Å². The average molecular weight is 591 g/mol. The summed E-state index contributed by atoms with van der Waals surface area (Å²) in [5, 5.41) is 22.9. The number of fused-ring (bicyclic) bond motifs is 2. The summed E-state index contributed by atoms with van der Waals surface area (Å²) in [7, 11) is 0. The van der Waals surface area contributed by atoms with Crippen LogP contribution in [-0.2, 0) is 32.0 Å². The minimum atomic E-state index is -1.23. The fourth-order valence-electron chi connectivity index (χ4n) is 5.37. The summed E-state index contributed by atoms with van der Waals surface area (Å²) in [4.78, 5) is 58.1. The van der Waals surface area contributed by atoms with Crippen LogP contribution in [0.4, 0.5) is 0 Å². The number of para-hydroxylation sites is 2. The van der Waals surface area contributed by atoms with Crippen LogP contribution in [0.5, 0.6) is 0 Å². The largest absolute Gasteiger partial charge is 0.480 e. The van der Waals surface area contributed by atoms with Crippen molar-refractivity contribution in [2.24, 2.45) is 0 Å². The molecule has 1 saturated heterocycles. The zero-order valence-electron chi connectivity index (χ0n) is 22.9. The van der Waals surface area contributed by atoms with E-state index in [1.54, 1.807) is 12.4 Å². The van der Waals surface area contributed by atoms with Crippen LogP contribution in [0, 0.1) is 0 Å². The van der Waals surface area contributed by atoms with Crippen molar-refractivity contribution in [2.75, 3.05) is 12.3 Å². The van der Waals surface area contributed by atoms with Gasteiger partial charge in [-0.25, -0.2) is 4.79 Å². The molecule has 3 heterocycles. The molecule has 1 aliphatic rings. The summed E-state index contributed by atoms with van der Waals surface area (Å²) < 4.78 is 0. The van der Waals surface area contributed by atoms with Crippen LogP contribution in [-0.4, -0.2) is 75.2 Å². The highest BCUT2D eigenvalue weighted by atomic mass is 32.1. The topological polar surface area (TPSA) is 168 Å². The van der Waals surface area contributed by atoms with Crippen molar-refractivity contribution >= 4 is 58.1 Å². The highest BCUT2D eigenvalue weighted by Crippen LogP contribution is 2.21. The molecule has 7 N–H and O–H groups in total. The molecule has 2 aromatic carbocycles. The number of thiol groups is 1. The highest BCUT2D eigenvalue weighted by Gasteiger charge is 2.32. The van der Waals surface area contributed by atoms with Crippen LogP contribution < -0.4 is 21.3 Å². The number of carbonyl (C=O) groups excluding carboxylic acids is 3. The molecule has 3 amide bonds. The van der Waals surface area contributed by atoms with Gasteiger partial charge in [0.05, 0.1) is 6.04 Å². The van der Waals surface area contributed by atoms with Gasteiger partial charge in [0.15, 0.2) is 0 Å². The molecule has 220 valence electrons. The molecule has 0 radical (unpaired) electrons. The number of benzene rings is 2. The lowest BCUT2D eigenvalue weighted by Gasteiger charge is -2.24. The first kappa shape index (κ1) is 29.2. The van der Waals surface area contributed by atoms with E-state index in [1.807, 2.05) is 48.5 Å². The molecule has 0 spiro atoms. The van der Waals surface area contributed by atoms with Crippen LogP contribution in [0.2, 0.25) is 0 Å². The minimum Gasteiger partial charge on any atom is -0.480 e. The molecule has 5 rings (SSSR count). The molecule has 4 unspecified atom stereocenters. The van der Waals surface area contributed by atoms with E-state index in [9.17, 15) is 24.3 Å². The van der Waals surface area contributed by atoms with Crippen molar-refractivity contribution in [1.29, 1.82) is 0 Å². The van der Waals surface area contributed by atoms with Gasteiger partial charge in [0.1, 0.15) is 18.1 Å². The number of carbonyl (C=O) groups is 4. The summed E-state index contributed by atoms with van der Waals surface area (Å²) in [6.07, 6.45) is 5.29. The predicted octanol–water partition coefficient (Wildman–Crippen LogP) is 1.66. The Bertz CT molecular complexity index is 1590. The maximum absolute atomic E-state index is 13.6. The standard InChI is InChI=1S/C30H34N6O5S/c37-27(23-10-5-11-31-23)34-24(12-17-14-32-21-8-3-1-6-19(17)21)28(38)36-26(16-42)29(39)35-25(30(40)41)13-18-15-33-22-9-4-2-7-20(18)22/h1-4,6-9,14-15,23-26,31-33,42H,5,10-13,16H2,(H,34,37)(H,35,39)(H,36,38)(H,40,41). The Morgan fingerprint density at radius 3 is 1.90 bits per heavy atom. The van der Waals surface area contributed by atoms with Gasteiger partial charge in [-0.2, -0.15) is 12.6 Å². The normalized spacial score (nSPS) is 17.0. The van der Waals surface area contributed by atoms with E-state index in [2.05, 4.69) is 43.9 Å². The molecular weight excluding hydrogens is 556 g/mol. The molecule has 42 heavy (non-hydrogen) atoms. The Balaban J connectivity index is 1.29. The highest BCUT2D eigenvalue weighted by molar-refractivity contribution is 7.80. The van der Waals surface area contributed by atoms with E-state index < -0.39 is 42.0 Å². The number of carboxylic acids is 1. The van der Waals surface area contributed by atoms with Gasteiger partial charge in [-0.3, -0.25) is 14.4 Å². The van der Waals surface area contributed by atoms with E-state index in [4.69, 9.17) is 0 Å². The van der Waals surface area contributed by atoms with Crippen molar-refractivity contribution in [3.8, 4) is 0 Å². The van der Waals surface area contributed by atoms with E-state index in [-0.39, 0.29) is 24.5 Å². The lowest BCUT2D eigenvalue weighted by molar-refractivity contribution is -0.142. The molecule has 12 heteroatoms. The first-order chi connectivity index (χ1) is 20.3. The van der Waals surface area contributed by atoms with Gasteiger partial charge in [-0.05, 0) is 42.6 Å². The quantitative estimate of drug-likeness (QED) is 0.117.